The molecule has 0 aliphatic heterocycles. The first-order valence-corrected chi connectivity index (χ1v) is 0.561. The summed E-state index contributed by atoms with van der Waals surface area (Å²) in [6, 6.07) is 0. The van der Waals surface area contributed by atoms with E-state index in [-0.39, 0.29) is 58.4 Å². The predicted octanol–water partition coefficient (Wildman–Crippen LogP) is -0.885. The Morgan fingerprint density at radius 3 is 1.20 bits per heavy atom. The average Bonchev–Trinajstić information content (AvgIpc) is 1.00. The SMILES string of the molecule is [Li].[Mg].[Ni].[O]=[Co]. The van der Waals surface area contributed by atoms with E-state index in [0.717, 1.165) is 0 Å². The molecule has 0 aliphatic carbocycles. The topological polar surface area (TPSA) is 17.1 Å². The standard InChI is InChI=1S/Co.Li.Mg.Ni.O. The molecule has 0 unspecified atom stereocenters. The van der Waals surface area contributed by atoms with Gasteiger partial charge < -0.3 is 0 Å². The molecule has 0 saturated carbocycles. The van der Waals surface area contributed by atoms with Crippen LogP contribution in [0, 0.1) is 0 Å². The molecule has 0 aromatic rings. The van der Waals surface area contributed by atoms with Gasteiger partial charge in [-0.3, -0.25) is 0 Å². The van der Waals surface area contributed by atoms with Crippen LogP contribution in [-0.2, 0) is 36.0 Å². The minimum absolute atomic E-state index is 0. The number of hydrogen-bond donors (Lipinski definition) is 0. The normalized spacial score (nSPS) is 1.00. The van der Waals surface area contributed by atoms with Crippen molar-refractivity contribution < 1.29 is 36.0 Å². The van der Waals surface area contributed by atoms with Crippen LogP contribution in [0.2, 0.25) is 0 Å². The van der Waals surface area contributed by atoms with Crippen molar-refractivity contribution in [2.24, 2.45) is 0 Å². The van der Waals surface area contributed by atoms with Crippen molar-refractivity contribution in [2.45, 2.75) is 0 Å². The third-order valence-electron chi connectivity index (χ3n) is 0. The van der Waals surface area contributed by atoms with Crippen LogP contribution >= 0.6 is 0 Å². The van der Waals surface area contributed by atoms with Gasteiger partial charge in [-0.05, 0) is 0 Å². The molecule has 0 bridgehead atoms. The van der Waals surface area contributed by atoms with Gasteiger partial charge in [0.1, 0.15) is 0 Å². The zero-order valence-corrected chi connectivity index (χ0v) is 6.21. The van der Waals surface area contributed by atoms with Gasteiger partial charge in [-0.1, -0.05) is 0 Å². The van der Waals surface area contributed by atoms with Crippen molar-refractivity contribution in [3.63, 3.8) is 0 Å². The van der Waals surface area contributed by atoms with Gasteiger partial charge in [0.25, 0.3) is 0 Å². The molecule has 5 heavy (non-hydrogen) atoms. The first-order valence-electron chi connectivity index (χ1n) is 0.136. The van der Waals surface area contributed by atoms with Gasteiger partial charge in [-0.15, -0.1) is 0 Å². The predicted molar refractivity (Wildman–Crippen MR) is 12.2 cm³/mol. The fraction of sp³-hybridized carbons (Fsp3) is 0. The van der Waals surface area contributed by atoms with E-state index in [0.29, 0.717) is 0 Å². The van der Waals surface area contributed by atoms with E-state index in [1.165, 1.54) is 0 Å². The fourth-order valence-electron chi connectivity index (χ4n) is 0. The summed E-state index contributed by atoms with van der Waals surface area (Å²) in [7, 11) is 0. The Hall–Kier alpha value is 2.16. The third-order valence-corrected chi connectivity index (χ3v) is 0. The van der Waals surface area contributed by atoms with E-state index in [1.54, 1.807) is 0 Å². The van der Waals surface area contributed by atoms with Crippen LogP contribution in [0.3, 0.4) is 0 Å². The monoisotopic (exact) mass is 164 g/mol. The molecular weight excluding hydrogens is 165 g/mol. The summed E-state index contributed by atoms with van der Waals surface area (Å²) in [6.45, 7) is 0. The molecule has 0 fully saturated rings. The van der Waals surface area contributed by atoms with Gasteiger partial charge in [0.05, 0.1) is 0 Å². The summed E-state index contributed by atoms with van der Waals surface area (Å²) < 4.78 is 7.94. The number of rotatable bonds is 0. The Morgan fingerprint density at radius 2 is 1.20 bits per heavy atom. The second-order valence-corrected chi connectivity index (χ2v) is 0. The van der Waals surface area contributed by atoms with Crippen LogP contribution < -0.4 is 0 Å². The molecule has 0 aromatic heterocycles. The van der Waals surface area contributed by atoms with E-state index in [9.17, 15) is 0 Å². The summed E-state index contributed by atoms with van der Waals surface area (Å²) in [6.07, 6.45) is 0. The molecule has 0 aromatic carbocycles. The molecule has 0 N–H and O–H groups in total. The summed E-state index contributed by atoms with van der Waals surface area (Å²) in [4.78, 5) is 0. The molecule has 0 aliphatic rings. The molecule has 0 amide bonds. The number of hydrogen-bond acceptors (Lipinski definition) is 1. The van der Waals surface area contributed by atoms with Crippen molar-refractivity contribution in [3.05, 3.63) is 0 Å². The van der Waals surface area contributed by atoms with Crippen molar-refractivity contribution in [3.8, 4) is 0 Å². The molecule has 1 nitrogen and oxygen atoms in total. The Balaban J connectivity index is -0.00000000167. The first-order chi connectivity index (χ1) is 1.00. The van der Waals surface area contributed by atoms with Gasteiger partial charge in [-0.25, -0.2) is 0 Å². The summed E-state index contributed by atoms with van der Waals surface area (Å²) >= 11 is 2.31. The first kappa shape index (κ1) is 27.2. The zero-order chi connectivity index (χ0) is 2.00. The van der Waals surface area contributed by atoms with Crippen molar-refractivity contribution in [1.29, 1.82) is 0 Å². The van der Waals surface area contributed by atoms with Crippen LogP contribution in [0.5, 0.6) is 0 Å². The van der Waals surface area contributed by atoms with E-state index in [4.69, 9.17) is 3.87 Å². The van der Waals surface area contributed by atoms with Crippen LogP contribution in [0.1, 0.15) is 0 Å². The van der Waals surface area contributed by atoms with Crippen molar-refractivity contribution in [2.75, 3.05) is 0 Å². The molecule has 0 saturated heterocycles. The molecular formula is CoLiMgNiO. The second-order valence-electron chi connectivity index (χ2n) is 0. The average molecular weight is 165 g/mol. The Bertz CT molecular complexity index is 11.6. The maximum absolute atomic E-state index is 7.94. The van der Waals surface area contributed by atoms with Gasteiger partial charge in [-0.2, -0.15) is 0 Å². The molecule has 0 rings (SSSR count). The van der Waals surface area contributed by atoms with E-state index in [1.807, 2.05) is 0 Å². The second kappa shape index (κ2) is 35.1. The minimum atomic E-state index is 0. The molecule has 0 atom stereocenters. The van der Waals surface area contributed by atoms with Gasteiger partial charge in [0.15, 0.2) is 0 Å². The van der Waals surface area contributed by atoms with E-state index in [2.05, 4.69) is 15.7 Å². The molecule has 28 valence electrons. The van der Waals surface area contributed by atoms with Crippen LogP contribution in [-0.4, -0.2) is 41.9 Å². The molecule has 5 heteroatoms. The van der Waals surface area contributed by atoms with Gasteiger partial charge in [0.2, 0.25) is 0 Å². The van der Waals surface area contributed by atoms with Gasteiger partial charge >= 0.3 is 19.5 Å². The Kier molecular flexibility index (Phi) is 191. The molecule has 0 spiro atoms. The summed E-state index contributed by atoms with van der Waals surface area (Å²) in [5.74, 6) is 0. The van der Waals surface area contributed by atoms with E-state index < -0.39 is 0 Å². The van der Waals surface area contributed by atoms with E-state index >= 15 is 0 Å². The van der Waals surface area contributed by atoms with Crippen LogP contribution in [0.4, 0.5) is 0 Å². The zero-order valence-electron chi connectivity index (χ0n) is 2.76. The molecule has 0 heterocycles. The van der Waals surface area contributed by atoms with Crippen LogP contribution in [0.15, 0.2) is 0 Å². The van der Waals surface area contributed by atoms with Crippen molar-refractivity contribution in [1.82, 2.24) is 0 Å². The summed E-state index contributed by atoms with van der Waals surface area (Å²) in [5, 5.41) is 0. The van der Waals surface area contributed by atoms with Crippen LogP contribution in [0.25, 0.3) is 0 Å². The maximum atomic E-state index is 7.94. The Labute approximate surface area is 77.1 Å². The van der Waals surface area contributed by atoms with Gasteiger partial charge in [0, 0.05) is 58.4 Å². The Morgan fingerprint density at radius 1 is 1.20 bits per heavy atom. The quantitative estimate of drug-likeness (QED) is 0.425. The third kappa shape index (κ3) is 22.8. The van der Waals surface area contributed by atoms with Crippen molar-refractivity contribution >= 4 is 41.9 Å². The summed E-state index contributed by atoms with van der Waals surface area (Å²) in [5.41, 5.74) is 0. The fourth-order valence-corrected chi connectivity index (χ4v) is 0. The molecule has 3 radical (unpaired) electrons.